The molecule has 4 aromatic rings. The summed E-state index contributed by atoms with van der Waals surface area (Å²) in [5.74, 6) is 0.0803. The summed E-state index contributed by atoms with van der Waals surface area (Å²) in [7, 11) is 0. The summed E-state index contributed by atoms with van der Waals surface area (Å²) < 4.78 is 12.9. The van der Waals surface area contributed by atoms with Gasteiger partial charge in [-0.2, -0.15) is 5.10 Å². The molecule has 0 saturated carbocycles. The van der Waals surface area contributed by atoms with Gasteiger partial charge in [0.05, 0.1) is 5.52 Å². The number of benzene rings is 1. The van der Waals surface area contributed by atoms with Crippen LogP contribution in [0.3, 0.4) is 0 Å². The maximum Gasteiger partial charge on any atom is 0.320 e. The Morgan fingerprint density at radius 2 is 1.96 bits per heavy atom. The minimum atomic E-state index is -0.402. The Kier molecular flexibility index (Phi) is 4.67. The summed E-state index contributed by atoms with van der Waals surface area (Å²) in [6, 6.07) is 11.1. The van der Waals surface area contributed by atoms with Crippen LogP contribution in [-0.2, 0) is 6.54 Å². The standard InChI is InChI=1S/C20H17FN6O/c1-12-8-14(6-7-22-12)19-16-11-23-18(9-17(16)26-27-19)25-20(28)24-10-13-2-4-15(21)5-3-13/h2-9,11H,10H2,1H3,(H,26,27)(H2,23,24,25,28). The summed E-state index contributed by atoms with van der Waals surface area (Å²) in [6.07, 6.45) is 3.40. The largest absolute Gasteiger partial charge is 0.334 e. The fourth-order valence-corrected chi connectivity index (χ4v) is 2.84. The molecule has 3 heterocycles. The predicted molar refractivity (Wildman–Crippen MR) is 104 cm³/mol. The number of nitrogens with zero attached hydrogens (tertiary/aromatic N) is 3. The molecule has 140 valence electrons. The van der Waals surface area contributed by atoms with Crippen LogP contribution in [0.15, 0.2) is 54.9 Å². The average Bonchev–Trinajstić information content (AvgIpc) is 3.11. The highest BCUT2D eigenvalue weighted by Gasteiger charge is 2.11. The van der Waals surface area contributed by atoms with Crippen molar-refractivity contribution < 1.29 is 9.18 Å². The third-order valence-electron chi connectivity index (χ3n) is 4.23. The molecule has 2 amide bonds. The first-order valence-electron chi connectivity index (χ1n) is 8.65. The van der Waals surface area contributed by atoms with Crippen LogP contribution in [0.25, 0.3) is 22.2 Å². The molecule has 0 aliphatic rings. The Balaban J connectivity index is 1.46. The summed E-state index contributed by atoms with van der Waals surface area (Å²) in [5, 5.41) is 13.6. The van der Waals surface area contributed by atoms with Gasteiger partial charge < -0.3 is 5.32 Å². The second kappa shape index (κ2) is 7.43. The van der Waals surface area contributed by atoms with Crippen LogP contribution in [0.4, 0.5) is 15.0 Å². The van der Waals surface area contributed by atoms with E-state index in [1.807, 2.05) is 19.1 Å². The van der Waals surface area contributed by atoms with E-state index in [1.54, 1.807) is 30.6 Å². The number of aromatic amines is 1. The van der Waals surface area contributed by atoms with Crippen molar-refractivity contribution in [3.63, 3.8) is 0 Å². The van der Waals surface area contributed by atoms with Crippen molar-refractivity contribution in [2.24, 2.45) is 0 Å². The molecule has 0 aliphatic heterocycles. The Hall–Kier alpha value is -3.81. The van der Waals surface area contributed by atoms with Crippen LogP contribution in [0, 0.1) is 12.7 Å². The molecule has 3 aromatic heterocycles. The SMILES string of the molecule is Cc1cc(-c2n[nH]c3cc(NC(=O)NCc4ccc(F)cc4)ncc23)ccn1. The zero-order chi connectivity index (χ0) is 19.5. The quantitative estimate of drug-likeness (QED) is 0.505. The van der Waals surface area contributed by atoms with Gasteiger partial charge in [0.25, 0.3) is 0 Å². The first kappa shape index (κ1) is 17.6. The maximum absolute atomic E-state index is 12.9. The number of halogens is 1. The lowest BCUT2D eigenvalue weighted by molar-refractivity contribution is 0.251. The first-order valence-corrected chi connectivity index (χ1v) is 8.65. The number of fused-ring (bicyclic) bond motifs is 1. The maximum atomic E-state index is 12.9. The van der Waals surface area contributed by atoms with E-state index in [1.165, 1.54) is 12.1 Å². The highest BCUT2D eigenvalue weighted by molar-refractivity contribution is 5.95. The third-order valence-corrected chi connectivity index (χ3v) is 4.23. The van der Waals surface area contributed by atoms with E-state index in [-0.39, 0.29) is 12.4 Å². The number of urea groups is 1. The van der Waals surface area contributed by atoms with Gasteiger partial charge in [0.2, 0.25) is 0 Å². The Morgan fingerprint density at radius 1 is 1.14 bits per heavy atom. The van der Waals surface area contributed by atoms with E-state index in [4.69, 9.17) is 0 Å². The molecule has 0 radical (unpaired) electrons. The molecule has 0 fully saturated rings. The second-order valence-corrected chi connectivity index (χ2v) is 6.31. The van der Waals surface area contributed by atoms with E-state index >= 15 is 0 Å². The van der Waals surface area contributed by atoms with Crippen molar-refractivity contribution in [2.45, 2.75) is 13.5 Å². The Morgan fingerprint density at radius 3 is 2.75 bits per heavy atom. The lowest BCUT2D eigenvalue weighted by Crippen LogP contribution is -2.28. The monoisotopic (exact) mass is 376 g/mol. The molecule has 0 unspecified atom stereocenters. The molecule has 3 N–H and O–H groups in total. The van der Waals surface area contributed by atoms with E-state index in [0.717, 1.165) is 33.4 Å². The summed E-state index contributed by atoms with van der Waals surface area (Å²) >= 11 is 0. The third kappa shape index (κ3) is 3.80. The number of hydrogen-bond acceptors (Lipinski definition) is 4. The predicted octanol–water partition coefficient (Wildman–Crippen LogP) is 3.79. The molecule has 4 rings (SSSR count). The zero-order valence-corrected chi connectivity index (χ0v) is 15.0. The van der Waals surface area contributed by atoms with Gasteiger partial charge in [-0.25, -0.2) is 14.2 Å². The van der Waals surface area contributed by atoms with E-state index in [9.17, 15) is 9.18 Å². The molecule has 0 spiro atoms. The van der Waals surface area contributed by atoms with Gasteiger partial charge in [0, 0.05) is 41.6 Å². The fourth-order valence-electron chi connectivity index (χ4n) is 2.84. The number of hydrogen-bond donors (Lipinski definition) is 3. The lowest BCUT2D eigenvalue weighted by atomic mass is 10.1. The zero-order valence-electron chi connectivity index (χ0n) is 15.0. The summed E-state index contributed by atoms with van der Waals surface area (Å²) in [5.41, 5.74) is 4.18. The number of rotatable bonds is 4. The summed E-state index contributed by atoms with van der Waals surface area (Å²) in [4.78, 5) is 20.6. The van der Waals surface area contributed by atoms with Crippen LogP contribution in [0.2, 0.25) is 0 Å². The van der Waals surface area contributed by atoms with Gasteiger partial charge in [0.15, 0.2) is 0 Å². The number of amides is 2. The number of carbonyl (C=O) groups is 1. The van der Waals surface area contributed by atoms with Crippen molar-refractivity contribution in [3.05, 3.63) is 71.9 Å². The number of H-pyrrole nitrogens is 1. The Labute approximate surface area is 160 Å². The normalized spacial score (nSPS) is 10.8. The van der Waals surface area contributed by atoms with E-state index in [2.05, 4.69) is 30.8 Å². The first-order chi connectivity index (χ1) is 13.6. The van der Waals surface area contributed by atoms with E-state index in [0.29, 0.717) is 5.82 Å². The van der Waals surface area contributed by atoms with Crippen molar-refractivity contribution in [3.8, 4) is 11.3 Å². The van der Waals surface area contributed by atoms with Crippen molar-refractivity contribution in [1.29, 1.82) is 0 Å². The molecule has 0 atom stereocenters. The molecule has 1 aromatic carbocycles. The van der Waals surface area contributed by atoms with Gasteiger partial charge in [-0.15, -0.1) is 0 Å². The van der Waals surface area contributed by atoms with Gasteiger partial charge in [-0.3, -0.25) is 15.4 Å². The molecule has 0 saturated heterocycles. The van der Waals surface area contributed by atoms with Crippen LogP contribution < -0.4 is 10.6 Å². The topological polar surface area (TPSA) is 95.6 Å². The van der Waals surface area contributed by atoms with Gasteiger partial charge in [-0.05, 0) is 36.8 Å². The minimum absolute atomic E-state index is 0.282. The molecular weight excluding hydrogens is 359 g/mol. The Bertz CT molecular complexity index is 1140. The van der Waals surface area contributed by atoms with Gasteiger partial charge in [0.1, 0.15) is 17.3 Å². The smallest absolute Gasteiger partial charge is 0.320 e. The number of anilines is 1. The van der Waals surface area contributed by atoms with Crippen LogP contribution in [-0.4, -0.2) is 26.2 Å². The van der Waals surface area contributed by atoms with Gasteiger partial charge in [-0.1, -0.05) is 12.1 Å². The number of nitrogens with one attached hydrogen (secondary N) is 3. The van der Waals surface area contributed by atoms with Crippen molar-refractivity contribution in [2.75, 3.05) is 5.32 Å². The lowest BCUT2D eigenvalue weighted by Gasteiger charge is -2.07. The van der Waals surface area contributed by atoms with Crippen LogP contribution in [0.5, 0.6) is 0 Å². The molecule has 28 heavy (non-hydrogen) atoms. The van der Waals surface area contributed by atoms with Crippen LogP contribution in [0.1, 0.15) is 11.3 Å². The van der Waals surface area contributed by atoms with Gasteiger partial charge >= 0.3 is 6.03 Å². The average molecular weight is 376 g/mol. The molecule has 7 nitrogen and oxygen atoms in total. The number of carbonyl (C=O) groups excluding carboxylic acids is 1. The number of aryl methyl sites for hydroxylation is 1. The highest BCUT2D eigenvalue weighted by atomic mass is 19.1. The molecular formula is C20H17FN6O. The number of aromatic nitrogens is 4. The second-order valence-electron chi connectivity index (χ2n) is 6.31. The minimum Gasteiger partial charge on any atom is -0.334 e. The van der Waals surface area contributed by atoms with Crippen molar-refractivity contribution in [1.82, 2.24) is 25.5 Å². The highest BCUT2D eigenvalue weighted by Crippen LogP contribution is 2.26. The number of pyridine rings is 2. The molecule has 8 heteroatoms. The molecule has 0 bridgehead atoms. The van der Waals surface area contributed by atoms with Crippen LogP contribution >= 0.6 is 0 Å². The fraction of sp³-hybridized carbons (Fsp3) is 0.100. The van der Waals surface area contributed by atoms with Crippen molar-refractivity contribution >= 4 is 22.8 Å². The van der Waals surface area contributed by atoms with E-state index < -0.39 is 6.03 Å². The summed E-state index contributed by atoms with van der Waals surface area (Å²) in [6.45, 7) is 2.20. The molecule has 0 aliphatic carbocycles.